The van der Waals surface area contributed by atoms with Crippen LogP contribution in [-0.2, 0) is 0 Å². The van der Waals surface area contributed by atoms with Crippen molar-refractivity contribution in [3.8, 4) is 0 Å². The quantitative estimate of drug-likeness (QED) is 0.642. The molecule has 0 N–H and O–H groups in total. The maximum absolute atomic E-state index is 6.05. The van der Waals surface area contributed by atoms with Crippen molar-refractivity contribution in [1.82, 2.24) is 0 Å². The van der Waals surface area contributed by atoms with E-state index in [1.807, 2.05) is 31.2 Å². The molecule has 0 atom stereocenters. The third-order valence-electron chi connectivity index (χ3n) is 1.91. The molecule has 0 fully saturated rings. The Bertz CT molecular complexity index is 348. The van der Waals surface area contributed by atoms with E-state index in [1.54, 1.807) is 11.8 Å². The molecular formula is C12H14Cl2S. The lowest BCUT2D eigenvalue weighted by Gasteiger charge is -2.12. The smallest absolute Gasteiger partial charge is 0.0406 e. The number of hydrogen-bond acceptors (Lipinski definition) is 1. The molecule has 0 saturated heterocycles. The highest BCUT2D eigenvalue weighted by Crippen LogP contribution is 2.35. The van der Waals surface area contributed by atoms with Gasteiger partial charge in [0.15, 0.2) is 0 Å². The first-order valence-electron chi connectivity index (χ1n) is 4.80. The van der Waals surface area contributed by atoms with E-state index >= 15 is 0 Å². The van der Waals surface area contributed by atoms with Gasteiger partial charge in [-0.1, -0.05) is 48.8 Å². The van der Waals surface area contributed by atoms with Crippen LogP contribution >= 0.6 is 35.0 Å². The lowest BCUT2D eigenvalue weighted by Crippen LogP contribution is -1.91. The average molecular weight is 261 g/mol. The molecule has 0 unspecified atom stereocenters. The topological polar surface area (TPSA) is 0 Å². The average Bonchev–Trinajstić information content (AvgIpc) is 2.15. The third kappa shape index (κ3) is 4.10. The lowest BCUT2D eigenvalue weighted by molar-refractivity contribution is 0.812. The number of thioether (sulfide) groups is 1. The minimum Gasteiger partial charge on any atom is -0.0931 e. The maximum Gasteiger partial charge on any atom is 0.0406 e. The van der Waals surface area contributed by atoms with Gasteiger partial charge >= 0.3 is 0 Å². The number of halogens is 2. The van der Waals surface area contributed by atoms with E-state index in [4.69, 9.17) is 23.2 Å². The fraction of sp³-hybridized carbons (Fsp3) is 0.333. The maximum atomic E-state index is 6.05. The Morgan fingerprint density at radius 2 is 1.73 bits per heavy atom. The first kappa shape index (κ1) is 13.0. The SMILES string of the molecule is C/C(Cl)=C(\Sc1ccc(Cl)cc1)C(C)C. The molecule has 0 aliphatic heterocycles. The second-order valence-corrected chi connectivity index (χ2v) is 5.73. The second kappa shape index (κ2) is 5.83. The van der Waals surface area contributed by atoms with Gasteiger partial charge in [0.2, 0.25) is 0 Å². The Labute approximate surface area is 106 Å². The van der Waals surface area contributed by atoms with Crippen LogP contribution in [0.5, 0.6) is 0 Å². The summed E-state index contributed by atoms with van der Waals surface area (Å²) in [6.07, 6.45) is 0. The van der Waals surface area contributed by atoms with E-state index in [0.717, 1.165) is 10.1 Å². The highest BCUT2D eigenvalue weighted by molar-refractivity contribution is 8.03. The Hall–Kier alpha value is -0.110. The normalized spacial score (nSPS) is 12.9. The molecule has 0 radical (unpaired) electrons. The number of benzene rings is 1. The number of hydrogen-bond donors (Lipinski definition) is 0. The van der Waals surface area contributed by atoms with E-state index in [1.165, 1.54) is 9.80 Å². The predicted octanol–water partition coefficient (Wildman–Crippen LogP) is 5.56. The van der Waals surface area contributed by atoms with Crippen LogP contribution in [0.1, 0.15) is 20.8 Å². The van der Waals surface area contributed by atoms with E-state index in [2.05, 4.69) is 13.8 Å². The fourth-order valence-corrected chi connectivity index (χ4v) is 2.58. The molecule has 15 heavy (non-hydrogen) atoms. The zero-order valence-corrected chi connectivity index (χ0v) is 11.4. The summed E-state index contributed by atoms with van der Waals surface area (Å²) in [7, 11) is 0. The van der Waals surface area contributed by atoms with Crippen LogP contribution in [0.15, 0.2) is 39.1 Å². The molecule has 82 valence electrons. The van der Waals surface area contributed by atoms with Gasteiger partial charge in [0.25, 0.3) is 0 Å². The monoisotopic (exact) mass is 260 g/mol. The zero-order chi connectivity index (χ0) is 11.4. The Morgan fingerprint density at radius 1 is 1.20 bits per heavy atom. The van der Waals surface area contributed by atoms with Gasteiger partial charge in [0.1, 0.15) is 0 Å². The predicted molar refractivity (Wildman–Crippen MR) is 70.7 cm³/mol. The second-order valence-electron chi connectivity index (χ2n) is 3.61. The Balaban J connectivity index is 2.85. The van der Waals surface area contributed by atoms with E-state index < -0.39 is 0 Å². The molecular weight excluding hydrogens is 247 g/mol. The van der Waals surface area contributed by atoms with Crippen LogP contribution in [0.3, 0.4) is 0 Å². The van der Waals surface area contributed by atoms with Gasteiger partial charge in [0.05, 0.1) is 0 Å². The van der Waals surface area contributed by atoms with Gasteiger partial charge in [-0.25, -0.2) is 0 Å². The summed E-state index contributed by atoms with van der Waals surface area (Å²) in [6.45, 7) is 6.22. The molecule has 0 spiro atoms. The van der Waals surface area contributed by atoms with Gasteiger partial charge in [-0.3, -0.25) is 0 Å². The molecule has 0 saturated carbocycles. The van der Waals surface area contributed by atoms with Crippen LogP contribution in [0.4, 0.5) is 0 Å². The van der Waals surface area contributed by atoms with Crippen molar-refractivity contribution in [2.45, 2.75) is 25.7 Å². The van der Waals surface area contributed by atoms with Crippen LogP contribution < -0.4 is 0 Å². The summed E-state index contributed by atoms with van der Waals surface area (Å²) in [5.74, 6) is 0.447. The zero-order valence-electron chi connectivity index (χ0n) is 9.05. The highest BCUT2D eigenvalue weighted by Gasteiger charge is 2.08. The largest absolute Gasteiger partial charge is 0.0931 e. The van der Waals surface area contributed by atoms with Crippen molar-refractivity contribution >= 4 is 35.0 Å². The molecule has 0 aliphatic rings. The molecule has 1 aromatic carbocycles. The standard InChI is InChI=1S/C12H14Cl2S/c1-8(2)12(9(3)13)15-11-6-4-10(14)5-7-11/h4-8H,1-3H3/b12-9+. The summed E-state index contributed by atoms with van der Waals surface area (Å²) in [6, 6.07) is 7.81. The summed E-state index contributed by atoms with van der Waals surface area (Å²) in [5, 5.41) is 1.63. The fourth-order valence-electron chi connectivity index (χ4n) is 1.22. The molecule has 0 aromatic heterocycles. The minimum absolute atomic E-state index is 0.447. The van der Waals surface area contributed by atoms with E-state index in [0.29, 0.717) is 5.92 Å². The summed E-state index contributed by atoms with van der Waals surface area (Å²) >= 11 is 13.6. The van der Waals surface area contributed by atoms with Crippen LogP contribution in [0, 0.1) is 5.92 Å². The summed E-state index contributed by atoms with van der Waals surface area (Å²) in [5.41, 5.74) is 0. The number of rotatable bonds is 3. The van der Waals surface area contributed by atoms with Crippen molar-refractivity contribution in [2.24, 2.45) is 5.92 Å². The van der Waals surface area contributed by atoms with Crippen LogP contribution in [0.2, 0.25) is 5.02 Å². The molecule has 0 aliphatic carbocycles. The first-order valence-corrected chi connectivity index (χ1v) is 6.37. The van der Waals surface area contributed by atoms with Crippen molar-refractivity contribution in [3.05, 3.63) is 39.2 Å². The van der Waals surface area contributed by atoms with Gasteiger partial charge in [-0.15, -0.1) is 0 Å². The van der Waals surface area contributed by atoms with Gasteiger partial charge < -0.3 is 0 Å². The number of allylic oxidation sites excluding steroid dienone is 2. The Kier molecular flexibility index (Phi) is 5.04. The van der Waals surface area contributed by atoms with Crippen LogP contribution in [-0.4, -0.2) is 0 Å². The molecule has 0 amide bonds. The molecule has 3 heteroatoms. The lowest BCUT2D eigenvalue weighted by atomic mass is 10.2. The molecule has 0 nitrogen and oxygen atoms in total. The van der Waals surface area contributed by atoms with Crippen molar-refractivity contribution < 1.29 is 0 Å². The Morgan fingerprint density at radius 3 is 2.13 bits per heavy atom. The first-order chi connectivity index (χ1) is 7.00. The van der Waals surface area contributed by atoms with Gasteiger partial charge in [-0.05, 0) is 37.1 Å². The molecule has 0 heterocycles. The molecule has 1 aromatic rings. The molecule has 1 rings (SSSR count). The highest BCUT2D eigenvalue weighted by atomic mass is 35.5. The summed E-state index contributed by atoms with van der Waals surface area (Å²) < 4.78 is 0. The third-order valence-corrected chi connectivity index (χ3v) is 3.98. The van der Waals surface area contributed by atoms with E-state index in [9.17, 15) is 0 Å². The van der Waals surface area contributed by atoms with Crippen molar-refractivity contribution in [2.75, 3.05) is 0 Å². The van der Waals surface area contributed by atoms with Gasteiger partial charge in [0, 0.05) is 19.9 Å². The summed E-state index contributed by atoms with van der Waals surface area (Å²) in [4.78, 5) is 2.38. The van der Waals surface area contributed by atoms with Crippen molar-refractivity contribution in [1.29, 1.82) is 0 Å². The van der Waals surface area contributed by atoms with Gasteiger partial charge in [-0.2, -0.15) is 0 Å². The van der Waals surface area contributed by atoms with Crippen LogP contribution in [0.25, 0.3) is 0 Å². The minimum atomic E-state index is 0.447. The molecule has 0 bridgehead atoms. The van der Waals surface area contributed by atoms with Crippen molar-refractivity contribution in [3.63, 3.8) is 0 Å². The van der Waals surface area contributed by atoms with E-state index in [-0.39, 0.29) is 0 Å².